The van der Waals surface area contributed by atoms with Gasteiger partial charge in [-0.2, -0.15) is 5.10 Å². The second-order valence-electron chi connectivity index (χ2n) is 7.66. The maximum absolute atomic E-state index is 4.87. The molecule has 0 unspecified atom stereocenters. The van der Waals surface area contributed by atoms with E-state index in [-0.39, 0.29) is 0 Å². The summed E-state index contributed by atoms with van der Waals surface area (Å²) in [7, 11) is 0. The first-order valence-electron chi connectivity index (χ1n) is 10.7. The highest BCUT2D eigenvalue weighted by Gasteiger charge is 2.10. The number of fused-ring (bicyclic) bond motifs is 3. The highest BCUT2D eigenvalue weighted by atomic mass is 15.4. The fourth-order valence-corrected chi connectivity index (χ4v) is 4.18. The number of nitrogens with zero attached hydrogens (tertiary/aromatic N) is 3. The Hall–Kier alpha value is -3.85. The summed E-state index contributed by atoms with van der Waals surface area (Å²) in [4.78, 5) is 0. The minimum atomic E-state index is 0.721. The zero-order valence-electron chi connectivity index (χ0n) is 17.6. The van der Waals surface area contributed by atoms with Crippen LogP contribution in [0.4, 0.5) is 5.69 Å². The minimum absolute atomic E-state index is 0.721. The average Bonchev–Trinajstić information content (AvgIpc) is 3.16. The van der Waals surface area contributed by atoms with Gasteiger partial charge in [-0.25, -0.2) is 0 Å². The molecular formula is C28H25N3. The van der Waals surface area contributed by atoms with Crippen molar-refractivity contribution in [2.75, 3.05) is 5.01 Å². The summed E-state index contributed by atoms with van der Waals surface area (Å²) >= 11 is 0. The highest BCUT2D eigenvalue weighted by Crippen LogP contribution is 2.29. The van der Waals surface area contributed by atoms with Crippen LogP contribution in [0.25, 0.3) is 21.8 Å². The van der Waals surface area contributed by atoms with E-state index in [1.165, 1.54) is 27.4 Å². The summed E-state index contributed by atoms with van der Waals surface area (Å²) in [5.41, 5.74) is 5.95. The maximum Gasteiger partial charge on any atom is 0.0666 e. The van der Waals surface area contributed by atoms with Crippen molar-refractivity contribution in [2.24, 2.45) is 5.10 Å². The lowest BCUT2D eigenvalue weighted by Gasteiger charge is -2.19. The van der Waals surface area contributed by atoms with Gasteiger partial charge >= 0.3 is 0 Å². The largest absolute Gasteiger partial charge is 0.341 e. The predicted molar refractivity (Wildman–Crippen MR) is 132 cm³/mol. The van der Waals surface area contributed by atoms with Crippen LogP contribution in [0, 0.1) is 0 Å². The summed E-state index contributed by atoms with van der Waals surface area (Å²) in [6, 6.07) is 36.0. The molecule has 3 nitrogen and oxygen atoms in total. The van der Waals surface area contributed by atoms with Crippen LogP contribution in [0.15, 0.2) is 108 Å². The first-order chi connectivity index (χ1) is 15.3. The van der Waals surface area contributed by atoms with E-state index >= 15 is 0 Å². The van der Waals surface area contributed by atoms with Crippen LogP contribution in [0.3, 0.4) is 0 Å². The third-order valence-corrected chi connectivity index (χ3v) is 5.69. The number of hydrogen-bond acceptors (Lipinski definition) is 2. The van der Waals surface area contributed by atoms with Gasteiger partial charge in [0.05, 0.1) is 18.4 Å². The lowest BCUT2D eigenvalue weighted by atomic mass is 10.1. The Morgan fingerprint density at radius 3 is 2.19 bits per heavy atom. The van der Waals surface area contributed by atoms with Gasteiger partial charge in [0.25, 0.3) is 0 Å². The van der Waals surface area contributed by atoms with Crippen molar-refractivity contribution < 1.29 is 0 Å². The van der Waals surface area contributed by atoms with E-state index in [0.29, 0.717) is 0 Å². The molecule has 4 aromatic carbocycles. The Balaban J connectivity index is 1.53. The van der Waals surface area contributed by atoms with Crippen molar-refractivity contribution in [3.05, 3.63) is 114 Å². The van der Waals surface area contributed by atoms with Gasteiger partial charge < -0.3 is 4.57 Å². The van der Waals surface area contributed by atoms with Gasteiger partial charge in [0.15, 0.2) is 0 Å². The van der Waals surface area contributed by atoms with Gasteiger partial charge in [-0.1, -0.05) is 72.8 Å². The number of anilines is 1. The molecule has 0 aliphatic heterocycles. The molecular weight excluding hydrogens is 378 g/mol. The molecule has 3 heteroatoms. The van der Waals surface area contributed by atoms with Gasteiger partial charge in [-0.05, 0) is 48.4 Å². The van der Waals surface area contributed by atoms with E-state index in [0.717, 1.165) is 24.3 Å². The second kappa shape index (κ2) is 8.49. The summed E-state index contributed by atoms with van der Waals surface area (Å²) in [5.74, 6) is 0. The number of para-hydroxylation sites is 2. The molecule has 0 bridgehead atoms. The van der Waals surface area contributed by atoms with Crippen LogP contribution in [-0.4, -0.2) is 10.8 Å². The molecule has 5 aromatic rings. The van der Waals surface area contributed by atoms with E-state index in [9.17, 15) is 0 Å². The number of hydrazone groups is 1. The second-order valence-corrected chi connectivity index (χ2v) is 7.66. The fraction of sp³-hybridized carbons (Fsp3) is 0.107. The summed E-state index contributed by atoms with van der Waals surface area (Å²) in [6.45, 7) is 3.87. The monoisotopic (exact) mass is 403 g/mol. The molecule has 5 rings (SSSR count). The lowest BCUT2D eigenvalue weighted by molar-refractivity contribution is 0.827. The number of hydrogen-bond donors (Lipinski definition) is 0. The zero-order chi connectivity index (χ0) is 21.0. The molecule has 152 valence electrons. The predicted octanol–water partition coefficient (Wildman–Crippen LogP) is 6.86. The number of benzene rings is 4. The first kappa shape index (κ1) is 19.1. The Kier molecular flexibility index (Phi) is 5.24. The summed E-state index contributed by atoms with van der Waals surface area (Å²) in [6.07, 6.45) is 1.97. The van der Waals surface area contributed by atoms with Crippen LogP contribution in [-0.2, 0) is 13.1 Å². The molecule has 0 saturated carbocycles. The number of rotatable bonds is 6. The van der Waals surface area contributed by atoms with E-state index in [4.69, 9.17) is 5.10 Å². The first-order valence-corrected chi connectivity index (χ1v) is 10.7. The zero-order valence-corrected chi connectivity index (χ0v) is 17.6. The van der Waals surface area contributed by atoms with Gasteiger partial charge in [-0.3, -0.25) is 5.01 Å². The molecule has 1 aromatic heterocycles. The molecule has 0 N–H and O–H groups in total. The van der Waals surface area contributed by atoms with Gasteiger partial charge in [0, 0.05) is 28.4 Å². The standard InChI is InChI=1S/C28H25N3/c1-2-30-27-16-10-9-15-25(27)26-19-23(17-18-28(26)30)20-29-31(24-13-7-4-8-14-24)21-22-11-5-3-6-12-22/h3-20H,2,21H2,1H3/b29-20+. The highest BCUT2D eigenvalue weighted by molar-refractivity contribution is 6.09. The van der Waals surface area contributed by atoms with Crippen LogP contribution < -0.4 is 5.01 Å². The van der Waals surface area contributed by atoms with Crippen molar-refractivity contribution in [1.82, 2.24) is 4.57 Å². The molecule has 31 heavy (non-hydrogen) atoms. The van der Waals surface area contributed by atoms with Crippen molar-refractivity contribution in [3.8, 4) is 0 Å². The number of aromatic nitrogens is 1. The SMILES string of the molecule is CCn1c2ccccc2c2cc(/C=N/N(Cc3ccccc3)c3ccccc3)ccc21. The maximum atomic E-state index is 4.87. The van der Waals surface area contributed by atoms with Crippen LogP contribution in [0.5, 0.6) is 0 Å². The molecule has 0 fully saturated rings. The third kappa shape index (κ3) is 3.82. The quantitative estimate of drug-likeness (QED) is 0.224. The van der Waals surface area contributed by atoms with Gasteiger partial charge in [-0.15, -0.1) is 0 Å². The normalized spacial score (nSPS) is 11.5. The molecule has 1 heterocycles. The average molecular weight is 404 g/mol. The van der Waals surface area contributed by atoms with Crippen molar-refractivity contribution in [1.29, 1.82) is 0 Å². The van der Waals surface area contributed by atoms with E-state index in [1.807, 2.05) is 18.3 Å². The van der Waals surface area contributed by atoms with E-state index in [1.54, 1.807) is 0 Å². The Labute approximate surface area is 182 Å². The summed E-state index contributed by atoms with van der Waals surface area (Å²) in [5, 5.41) is 9.49. The Bertz CT molecular complexity index is 1330. The van der Waals surface area contributed by atoms with Crippen molar-refractivity contribution in [2.45, 2.75) is 20.0 Å². The van der Waals surface area contributed by atoms with Crippen LogP contribution in [0.2, 0.25) is 0 Å². The summed E-state index contributed by atoms with van der Waals surface area (Å²) < 4.78 is 2.37. The van der Waals surface area contributed by atoms with Crippen LogP contribution in [0.1, 0.15) is 18.1 Å². The van der Waals surface area contributed by atoms with E-state index < -0.39 is 0 Å². The Morgan fingerprint density at radius 2 is 1.42 bits per heavy atom. The molecule has 0 aliphatic rings. The third-order valence-electron chi connectivity index (χ3n) is 5.69. The topological polar surface area (TPSA) is 20.5 Å². The number of aryl methyl sites for hydroxylation is 1. The lowest BCUT2D eigenvalue weighted by Crippen LogP contribution is -2.15. The molecule has 0 atom stereocenters. The molecule has 0 amide bonds. The van der Waals surface area contributed by atoms with Crippen molar-refractivity contribution in [3.63, 3.8) is 0 Å². The van der Waals surface area contributed by atoms with Gasteiger partial charge in [0.2, 0.25) is 0 Å². The fourth-order valence-electron chi connectivity index (χ4n) is 4.18. The molecule has 0 spiro atoms. The molecule has 0 aliphatic carbocycles. The van der Waals surface area contributed by atoms with Crippen LogP contribution >= 0.6 is 0 Å². The molecule has 0 radical (unpaired) electrons. The van der Waals surface area contributed by atoms with Gasteiger partial charge in [0.1, 0.15) is 0 Å². The van der Waals surface area contributed by atoms with E-state index in [2.05, 4.69) is 107 Å². The molecule has 0 saturated heterocycles. The Morgan fingerprint density at radius 1 is 0.742 bits per heavy atom. The minimum Gasteiger partial charge on any atom is -0.341 e. The smallest absolute Gasteiger partial charge is 0.0666 e. The van der Waals surface area contributed by atoms with Crippen molar-refractivity contribution >= 4 is 33.7 Å².